The van der Waals surface area contributed by atoms with E-state index in [2.05, 4.69) is 13.8 Å². The van der Waals surface area contributed by atoms with E-state index in [4.69, 9.17) is 10.5 Å². The largest absolute Gasteiger partial charge is 0.461 e. The van der Waals surface area contributed by atoms with Crippen LogP contribution in [0, 0.1) is 5.92 Å². The highest BCUT2D eigenvalue weighted by molar-refractivity contribution is 5.80. The number of carbonyl (C=O) groups is 1. The van der Waals surface area contributed by atoms with Gasteiger partial charge >= 0.3 is 5.97 Å². The van der Waals surface area contributed by atoms with E-state index in [9.17, 15) is 4.79 Å². The van der Waals surface area contributed by atoms with E-state index in [-0.39, 0.29) is 12.1 Å². The zero-order valence-electron chi connectivity index (χ0n) is 9.96. The van der Waals surface area contributed by atoms with Gasteiger partial charge in [-0.25, -0.2) is 0 Å². The number of nitrogens with two attached hydrogens (primary N) is 1. The third-order valence-electron chi connectivity index (χ3n) is 2.31. The molecule has 0 aliphatic carbocycles. The Hall–Kier alpha value is -0.570. The van der Waals surface area contributed by atoms with Crippen molar-refractivity contribution < 1.29 is 9.53 Å². The van der Waals surface area contributed by atoms with Crippen LogP contribution >= 0.6 is 0 Å². The van der Waals surface area contributed by atoms with Crippen molar-refractivity contribution in [1.82, 2.24) is 0 Å². The molecule has 0 aromatic heterocycles. The van der Waals surface area contributed by atoms with Crippen molar-refractivity contribution >= 4 is 5.97 Å². The Morgan fingerprint density at radius 1 is 1.43 bits per heavy atom. The van der Waals surface area contributed by atoms with E-state index in [1.165, 1.54) is 0 Å². The van der Waals surface area contributed by atoms with Gasteiger partial charge in [-0.2, -0.15) is 0 Å². The molecule has 0 bridgehead atoms. The normalized spacial score (nSPS) is 17.6. The minimum absolute atomic E-state index is 0.0445. The van der Waals surface area contributed by atoms with Crippen LogP contribution in [0.3, 0.4) is 0 Å². The highest BCUT2D eigenvalue weighted by Gasteiger charge is 2.29. The zero-order valence-corrected chi connectivity index (χ0v) is 9.96. The summed E-state index contributed by atoms with van der Waals surface area (Å²) in [5, 5.41) is 0. The standard InChI is InChI=1S/C11H23NO2/c1-6-11(5,12)10(13)14-9(4)7-8(2)3/h8-9H,6-7,12H2,1-5H3. The first-order valence-electron chi connectivity index (χ1n) is 5.29. The minimum Gasteiger partial charge on any atom is -0.461 e. The molecule has 2 unspecified atom stereocenters. The number of ether oxygens (including phenoxy) is 1. The van der Waals surface area contributed by atoms with Gasteiger partial charge < -0.3 is 10.5 Å². The molecule has 0 aliphatic rings. The molecule has 14 heavy (non-hydrogen) atoms. The Kier molecular flexibility index (Phi) is 5.13. The predicted octanol–water partition coefficient (Wildman–Crippen LogP) is 2.09. The van der Waals surface area contributed by atoms with E-state index < -0.39 is 5.54 Å². The summed E-state index contributed by atoms with van der Waals surface area (Å²) in [6.07, 6.45) is 1.43. The lowest BCUT2D eigenvalue weighted by atomic mass is 10.0. The maximum Gasteiger partial charge on any atom is 0.326 e. The van der Waals surface area contributed by atoms with E-state index in [0.29, 0.717) is 12.3 Å². The van der Waals surface area contributed by atoms with E-state index in [1.807, 2.05) is 13.8 Å². The summed E-state index contributed by atoms with van der Waals surface area (Å²) in [6.45, 7) is 9.70. The molecule has 0 rings (SSSR count). The number of hydrogen-bond acceptors (Lipinski definition) is 3. The molecule has 3 nitrogen and oxygen atoms in total. The molecule has 84 valence electrons. The molecular weight excluding hydrogens is 178 g/mol. The number of esters is 1. The van der Waals surface area contributed by atoms with Crippen LogP contribution in [0.25, 0.3) is 0 Å². The van der Waals surface area contributed by atoms with E-state index >= 15 is 0 Å². The van der Waals surface area contributed by atoms with Gasteiger partial charge in [-0.1, -0.05) is 20.8 Å². The number of hydrogen-bond donors (Lipinski definition) is 1. The first kappa shape index (κ1) is 13.4. The molecule has 0 radical (unpaired) electrons. The fraction of sp³-hybridized carbons (Fsp3) is 0.909. The van der Waals surface area contributed by atoms with Gasteiger partial charge in [-0.3, -0.25) is 4.79 Å². The molecule has 0 aromatic carbocycles. The maximum absolute atomic E-state index is 11.5. The van der Waals surface area contributed by atoms with Crippen molar-refractivity contribution in [3.63, 3.8) is 0 Å². The molecule has 0 heterocycles. The second-order valence-corrected chi connectivity index (χ2v) is 4.62. The Balaban J connectivity index is 4.06. The van der Waals surface area contributed by atoms with Crippen LogP contribution in [0.15, 0.2) is 0 Å². The number of carbonyl (C=O) groups excluding carboxylic acids is 1. The van der Waals surface area contributed by atoms with Crippen molar-refractivity contribution in [3.05, 3.63) is 0 Å². The summed E-state index contributed by atoms with van der Waals surface area (Å²) >= 11 is 0. The van der Waals surface area contributed by atoms with Crippen LogP contribution in [0.4, 0.5) is 0 Å². The highest BCUT2D eigenvalue weighted by atomic mass is 16.5. The summed E-state index contributed by atoms with van der Waals surface area (Å²) in [5.41, 5.74) is 4.92. The molecule has 2 atom stereocenters. The smallest absolute Gasteiger partial charge is 0.326 e. The van der Waals surface area contributed by atoms with Crippen LogP contribution in [0.5, 0.6) is 0 Å². The lowest BCUT2D eigenvalue weighted by Gasteiger charge is -2.24. The summed E-state index contributed by atoms with van der Waals surface area (Å²) < 4.78 is 5.25. The Bertz CT molecular complexity index is 188. The van der Waals surface area contributed by atoms with Gasteiger partial charge in [0.25, 0.3) is 0 Å². The molecule has 3 heteroatoms. The summed E-state index contributed by atoms with van der Waals surface area (Å²) in [6, 6.07) is 0. The second kappa shape index (κ2) is 5.35. The SMILES string of the molecule is CCC(C)(N)C(=O)OC(C)CC(C)C. The maximum atomic E-state index is 11.5. The molecule has 0 amide bonds. The lowest BCUT2D eigenvalue weighted by Crippen LogP contribution is -2.46. The number of rotatable bonds is 5. The molecule has 0 fully saturated rings. The third kappa shape index (κ3) is 4.61. The van der Waals surface area contributed by atoms with Crippen molar-refractivity contribution in [2.45, 2.75) is 59.1 Å². The first-order valence-corrected chi connectivity index (χ1v) is 5.29. The monoisotopic (exact) mass is 201 g/mol. The topological polar surface area (TPSA) is 52.3 Å². The van der Waals surface area contributed by atoms with Gasteiger partial charge in [0.2, 0.25) is 0 Å². The van der Waals surface area contributed by atoms with Gasteiger partial charge in [0.1, 0.15) is 5.54 Å². The molecule has 0 aliphatic heterocycles. The van der Waals surface area contributed by atoms with Gasteiger partial charge in [0, 0.05) is 0 Å². The van der Waals surface area contributed by atoms with Crippen molar-refractivity contribution in [1.29, 1.82) is 0 Å². The fourth-order valence-electron chi connectivity index (χ4n) is 1.17. The van der Waals surface area contributed by atoms with Crippen molar-refractivity contribution in [2.75, 3.05) is 0 Å². The molecule has 0 saturated carbocycles. The first-order chi connectivity index (χ1) is 6.29. The van der Waals surface area contributed by atoms with Crippen LogP contribution in [-0.4, -0.2) is 17.6 Å². The minimum atomic E-state index is -0.842. The van der Waals surface area contributed by atoms with Gasteiger partial charge in [0.15, 0.2) is 0 Å². The quantitative estimate of drug-likeness (QED) is 0.693. The zero-order chi connectivity index (χ0) is 11.4. The van der Waals surface area contributed by atoms with E-state index in [1.54, 1.807) is 6.92 Å². The summed E-state index contributed by atoms with van der Waals surface area (Å²) in [7, 11) is 0. The molecule has 0 aromatic rings. The fourth-order valence-corrected chi connectivity index (χ4v) is 1.17. The molecule has 0 spiro atoms. The van der Waals surface area contributed by atoms with Crippen molar-refractivity contribution in [2.24, 2.45) is 11.7 Å². The van der Waals surface area contributed by atoms with Gasteiger partial charge in [0.05, 0.1) is 6.10 Å². The van der Waals surface area contributed by atoms with Crippen LogP contribution in [0.1, 0.15) is 47.5 Å². The Morgan fingerprint density at radius 3 is 2.29 bits per heavy atom. The summed E-state index contributed by atoms with van der Waals surface area (Å²) in [4.78, 5) is 11.5. The molecular formula is C11H23NO2. The Labute approximate surface area is 87.0 Å². The third-order valence-corrected chi connectivity index (χ3v) is 2.31. The highest BCUT2D eigenvalue weighted by Crippen LogP contribution is 2.13. The van der Waals surface area contributed by atoms with Crippen LogP contribution in [-0.2, 0) is 9.53 Å². The molecule has 2 N–H and O–H groups in total. The van der Waals surface area contributed by atoms with Crippen LogP contribution in [0.2, 0.25) is 0 Å². The Morgan fingerprint density at radius 2 is 1.93 bits per heavy atom. The predicted molar refractivity (Wildman–Crippen MR) is 57.9 cm³/mol. The lowest BCUT2D eigenvalue weighted by molar-refractivity contribution is -0.155. The average molecular weight is 201 g/mol. The average Bonchev–Trinajstić information content (AvgIpc) is 2.02. The summed E-state index contributed by atoms with van der Waals surface area (Å²) in [5.74, 6) is 0.233. The van der Waals surface area contributed by atoms with E-state index in [0.717, 1.165) is 6.42 Å². The second-order valence-electron chi connectivity index (χ2n) is 4.62. The van der Waals surface area contributed by atoms with Gasteiger partial charge in [-0.15, -0.1) is 0 Å². The molecule has 0 saturated heterocycles. The van der Waals surface area contributed by atoms with Crippen molar-refractivity contribution in [3.8, 4) is 0 Å². The van der Waals surface area contributed by atoms with Crippen LogP contribution < -0.4 is 5.73 Å². The van der Waals surface area contributed by atoms with Gasteiger partial charge in [-0.05, 0) is 32.6 Å².